The second-order valence-corrected chi connectivity index (χ2v) is 3.38. The Bertz CT molecular complexity index is 633. The zero-order chi connectivity index (χ0) is 12.6. The summed E-state index contributed by atoms with van der Waals surface area (Å²) in [4.78, 5) is 18.7. The molecule has 0 saturated carbocycles. The minimum Gasteiger partial charge on any atom is -0.475 e. The van der Waals surface area contributed by atoms with Crippen LogP contribution in [0.5, 0.6) is 0 Å². The van der Waals surface area contributed by atoms with Gasteiger partial charge in [0.25, 0.3) is 0 Å². The SMILES string of the molecule is Cc1cnc(-c2nc(C(=O)O)n(C)c2C#N)o1. The predicted molar refractivity (Wildman–Crippen MR) is 55.1 cm³/mol. The summed E-state index contributed by atoms with van der Waals surface area (Å²) >= 11 is 0. The van der Waals surface area contributed by atoms with Crippen LogP contribution in [0.2, 0.25) is 0 Å². The second kappa shape index (κ2) is 3.75. The van der Waals surface area contributed by atoms with Gasteiger partial charge < -0.3 is 14.1 Å². The quantitative estimate of drug-likeness (QED) is 0.826. The van der Waals surface area contributed by atoms with Gasteiger partial charge in [0.15, 0.2) is 11.4 Å². The molecule has 0 fully saturated rings. The molecule has 0 aliphatic carbocycles. The van der Waals surface area contributed by atoms with Crippen molar-refractivity contribution in [2.24, 2.45) is 7.05 Å². The highest BCUT2D eigenvalue weighted by Crippen LogP contribution is 2.22. The van der Waals surface area contributed by atoms with Gasteiger partial charge in [-0.25, -0.2) is 14.8 Å². The number of oxazole rings is 1. The molecule has 2 rings (SSSR count). The average Bonchev–Trinajstić information content (AvgIpc) is 2.82. The minimum atomic E-state index is -1.21. The number of nitriles is 1. The number of carboxylic acids is 1. The smallest absolute Gasteiger partial charge is 0.372 e. The zero-order valence-electron chi connectivity index (χ0n) is 9.13. The van der Waals surface area contributed by atoms with Crippen molar-refractivity contribution in [2.45, 2.75) is 6.92 Å². The van der Waals surface area contributed by atoms with Crippen LogP contribution in [0.4, 0.5) is 0 Å². The van der Waals surface area contributed by atoms with Gasteiger partial charge in [0.05, 0.1) is 6.20 Å². The molecule has 2 heterocycles. The highest BCUT2D eigenvalue weighted by Gasteiger charge is 2.23. The van der Waals surface area contributed by atoms with Crippen molar-refractivity contribution < 1.29 is 14.3 Å². The summed E-state index contributed by atoms with van der Waals surface area (Å²) in [6, 6.07) is 1.88. The van der Waals surface area contributed by atoms with Crippen LogP contribution in [0.15, 0.2) is 10.6 Å². The molecule has 1 N–H and O–H groups in total. The molecule has 86 valence electrons. The van der Waals surface area contributed by atoms with Gasteiger partial charge in [0.1, 0.15) is 11.8 Å². The third-order valence-electron chi connectivity index (χ3n) is 2.22. The molecule has 0 aromatic carbocycles. The van der Waals surface area contributed by atoms with Gasteiger partial charge in [-0.05, 0) is 6.92 Å². The van der Waals surface area contributed by atoms with E-state index < -0.39 is 5.97 Å². The number of carbonyl (C=O) groups is 1. The number of rotatable bonds is 2. The van der Waals surface area contributed by atoms with E-state index in [1.165, 1.54) is 17.8 Å². The molecule has 7 nitrogen and oxygen atoms in total. The Hall–Kier alpha value is -2.62. The maximum Gasteiger partial charge on any atom is 0.372 e. The molecular weight excluding hydrogens is 224 g/mol. The molecule has 0 bridgehead atoms. The molecule has 0 aliphatic heterocycles. The number of carboxylic acid groups (broad SMARTS) is 1. The van der Waals surface area contributed by atoms with Crippen LogP contribution in [0.3, 0.4) is 0 Å². The van der Waals surface area contributed by atoms with Crippen molar-refractivity contribution in [1.29, 1.82) is 5.26 Å². The number of aryl methyl sites for hydroxylation is 1. The number of hydrogen-bond acceptors (Lipinski definition) is 5. The van der Waals surface area contributed by atoms with Gasteiger partial charge in [-0.15, -0.1) is 0 Å². The first-order valence-electron chi connectivity index (χ1n) is 4.67. The van der Waals surface area contributed by atoms with E-state index in [0.29, 0.717) is 5.76 Å². The van der Waals surface area contributed by atoms with Crippen molar-refractivity contribution in [3.63, 3.8) is 0 Å². The van der Waals surface area contributed by atoms with E-state index in [9.17, 15) is 4.79 Å². The lowest BCUT2D eigenvalue weighted by molar-refractivity contribution is 0.0679. The Balaban J connectivity index is 2.67. The zero-order valence-corrected chi connectivity index (χ0v) is 9.13. The van der Waals surface area contributed by atoms with E-state index in [1.807, 2.05) is 6.07 Å². The summed E-state index contributed by atoms with van der Waals surface area (Å²) < 4.78 is 6.42. The predicted octanol–water partition coefficient (Wildman–Crippen LogP) is 0.953. The van der Waals surface area contributed by atoms with Gasteiger partial charge in [-0.2, -0.15) is 5.26 Å². The van der Waals surface area contributed by atoms with Gasteiger partial charge >= 0.3 is 5.97 Å². The maximum atomic E-state index is 10.9. The van der Waals surface area contributed by atoms with E-state index in [1.54, 1.807) is 6.92 Å². The second-order valence-electron chi connectivity index (χ2n) is 3.38. The highest BCUT2D eigenvalue weighted by molar-refractivity contribution is 5.85. The van der Waals surface area contributed by atoms with E-state index in [2.05, 4.69) is 9.97 Å². The third kappa shape index (κ3) is 1.65. The molecular formula is C10H8N4O3. The molecule has 17 heavy (non-hydrogen) atoms. The fraction of sp³-hybridized carbons (Fsp3) is 0.200. The molecule has 0 atom stereocenters. The standard InChI is InChI=1S/C10H8N4O3/c1-5-4-12-9(17-5)7-6(3-11)14(2)8(13-7)10(15)16/h4H,1-2H3,(H,15,16). The molecule has 2 aromatic rings. The van der Waals surface area contributed by atoms with Crippen molar-refractivity contribution >= 4 is 5.97 Å². The fourth-order valence-electron chi connectivity index (χ4n) is 1.43. The minimum absolute atomic E-state index is 0.101. The lowest BCUT2D eigenvalue weighted by Crippen LogP contribution is -2.06. The third-order valence-corrected chi connectivity index (χ3v) is 2.22. The van der Waals surface area contributed by atoms with Gasteiger partial charge in [0, 0.05) is 7.05 Å². The Kier molecular flexibility index (Phi) is 2.40. The highest BCUT2D eigenvalue weighted by atomic mass is 16.4. The Morgan fingerprint density at radius 3 is 2.82 bits per heavy atom. The Morgan fingerprint density at radius 1 is 1.65 bits per heavy atom. The van der Waals surface area contributed by atoms with E-state index in [-0.39, 0.29) is 23.1 Å². The van der Waals surface area contributed by atoms with Crippen LogP contribution in [-0.2, 0) is 7.05 Å². The summed E-state index contributed by atoms with van der Waals surface area (Å²) in [5, 5.41) is 17.9. The average molecular weight is 232 g/mol. The number of aromatic carboxylic acids is 1. The number of aromatic nitrogens is 3. The molecule has 0 spiro atoms. The van der Waals surface area contributed by atoms with Crippen LogP contribution < -0.4 is 0 Å². The Labute approximate surface area is 95.9 Å². The molecule has 0 saturated heterocycles. The molecule has 2 aromatic heterocycles. The summed E-state index contributed by atoms with van der Waals surface area (Å²) in [5.41, 5.74) is 0.241. The van der Waals surface area contributed by atoms with E-state index in [4.69, 9.17) is 14.8 Å². The van der Waals surface area contributed by atoms with E-state index in [0.717, 1.165) is 0 Å². The first-order valence-corrected chi connectivity index (χ1v) is 4.67. The summed E-state index contributed by atoms with van der Waals surface area (Å²) in [5.74, 6) is -0.737. The monoisotopic (exact) mass is 232 g/mol. The molecule has 0 amide bonds. The molecule has 0 aliphatic rings. The number of imidazole rings is 1. The normalized spacial score (nSPS) is 10.2. The van der Waals surface area contributed by atoms with Crippen LogP contribution >= 0.6 is 0 Å². The lowest BCUT2D eigenvalue weighted by atomic mass is 10.3. The number of hydrogen-bond donors (Lipinski definition) is 1. The number of nitrogens with zero attached hydrogens (tertiary/aromatic N) is 4. The van der Waals surface area contributed by atoms with Gasteiger partial charge in [-0.1, -0.05) is 0 Å². The van der Waals surface area contributed by atoms with Crippen molar-refractivity contribution in [3.05, 3.63) is 23.5 Å². The van der Waals surface area contributed by atoms with E-state index >= 15 is 0 Å². The van der Waals surface area contributed by atoms with Gasteiger partial charge in [0.2, 0.25) is 11.7 Å². The van der Waals surface area contributed by atoms with Crippen molar-refractivity contribution in [3.8, 4) is 17.7 Å². The lowest BCUT2D eigenvalue weighted by Gasteiger charge is -1.94. The Morgan fingerprint density at radius 2 is 2.35 bits per heavy atom. The maximum absolute atomic E-state index is 10.9. The van der Waals surface area contributed by atoms with Crippen LogP contribution in [-0.4, -0.2) is 25.6 Å². The first-order chi connectivity index (χ1) is 8.04. The van der Waals surface area contributed by atoms with Crippen LogP contribution in [0.1, 0.15) is 22.1 Å². The molecule has 0 radical (unpaired) electrons. The van der Waals surface area contributed by atoms with Crippen LogP contribution in [0.25, 0.3) is 11.6 Å². The fourth-order valence-corrected chi connectivity index (χ4v) is 1.43. The summed E-state index contributed by atoms with van der Waals surface area (Å²) in [6.45, 7) is 1.70. The first kappa shape index (κ1) is 10.9. The summed E-state index contributed by atoms with van der Waals surface area (Å²) in [6.07, 6.45) is 1.48. The van der Waals surface area contributed by atoms with Crippen molar-refractivity contribution in [2.75, 3.05) is 0 Å². The van der Waals surface area contributed by atoms with Gasteiger partial charge in [-0.3, -0.25) is 0 Å². The summed E-state index contributed by atoms with van der Waals surface area (Å²) in [7, 11) is 1.45. The molecule has 0 unspecified atom stereocenters. The molecule has 7 heteroatoms. The van der Waals surface area contributed by atoms with Crippen molar-refractivity contribution in [1.82, 2.24) is 14.5 Å². The topological polar surface area (TPSA) is 105 Å². The van der Waals surface area contributed by atoms with Crippen LogP contribution in [0, 0.1) is 18.3 Å². The largest absolute Gasteiger partial charge is 0.475 e.